The summed E-state index contributed by atoms with van der Waals surface area (Å²) in [4.78, 5) is 39.0. The normalized spacial score (nSPS) is 16.9. The molecular formula is C26H29N3O3. The topological polar surface area (TPSA) is 78.5 Å². The van der Waals surface area contributed by atoms with Gasteiger partial charge in [0.1, 0.15) is 0 Å². The molecule has 6 nitrogen and oxygen atoms in total. The summed E-state index contributed by atoms with van der Waals surface area (Å²) in [7, 11) is 3.20. The van der Waals surface area contributed by atoms with Crippen molar-refractivity contribution in [2.75, 3.05) is 33.7 Å². The molecule has 0 radical (unpaired) electrons. The van der Waals surface area contributed by atoms with Crippen LogP contribution in [0.15, 0.2) is 59.7 Å². The molecule has 2 aromatic carbocycles. The van der Waals surface area contributed by atoms with E-state index >= 15 is 0 Å². The van der Waals surface area contributed by atoms with Crippen LogP contribution in [0.3, 0.4) is 0 Å². The van der Waals surface area contributed by atoms with Crippen molar-refractivity contribution in [3.05, 3.63) is 81.9 Å². The Kier molecular flexibility index (Phi) is 7.73. The van der Waals surface area contributed by atoms with E-state index in [4.69, 9.17) is 0 Å². The summed E-state index contributed by atoms with van der Waals surface area (Å²) in [6, 6.07) is 14.4. The van der Waals surface area contributed by atoms with E-state index in [2.05, 4.69) is 22.5 Å². The largest absolute Gasteiger partial charge is 0.355 e. The van der Waals surface area contributed by atoms with Crippen molar-refractivity contribution in [1.82, 2.24) is 15.5 Å². The smallest absolute Gasteiger partial charge is 0.251 e. The summed E-state index contributed by atoms with van der Waals surface area (Å²) in [5.74, 6) is -0.248. The van der Waals surface area contributed by atoms with Crippen molar-refractivity contribution in [2.45, 2.75) is 13.3 Å². The van der Waals surface area contributed by atoms with Crippen LogP contribution in [0.25, 0.3) is 12.2 Å². The summed E-state index contributed by atoms with van der Waals surface area (Å²) in [5.41, 5.74) is 4.38. The minimum Gasteiger partial charge on any atom is -0.355 e. The highest BCUT2D eigenvalue weighted by molar-refractivity contribution is 6.14. The van der Waals surface area contributed by atoms with Crippen LogP contribution >= 0.6 is 0 Å². The van der Waals surface area contributed by atoms with Crippen LogP contribution in [0.4, 0.5) is 0 Å². The molecule has 0 unspecified atom stereocenters. The average Bonchev–Trinajstić information content (AvgIpc) is 2.82. The maximum Gasteiger partial charge on any atom is 0.251 e. The first-order chi connectivity index (χ1) is 15.4. The lowest BCUT2D eigenvalue weighted by Gasteiger charge is -2.29. The van der Waals surface area contributed by atoms with Gasteiger partial charge in [-0.15, -0.1) is 0 Å². The van der Waals surface area contributed by atoms with Gasteiger partial charge in [-0.25, -0.2) is 0 Å². The molecule has 2 N–H and O–H groups in total. The number of carbonyl (C=O) groups is 3. The van der Waals surface area contributed by atoms with E-state index in [9.17, 15) is 14.4 Å². The van der Waals surface area contributed by atoms with E-state index in [-0.39, 0.29) is 17.6 Å². The van der Waals surface area contributed by atoms with E-state index in [1.54, 1.807) is 38.4 Å². The Balaban J connectivity index is 1.88. The molecule has 32 heavy (non-hydrogen) atoms. The predicted octanol–water partition coefficient (Wildman–Crippen LogP) is 3.17. The zero-order valence-corrected chi connectivity index (χ0v) is 18.8. The molecule has 166 valence electrons. The van der Waals surface area contributed by atoms with Crippen LogP contribution < -0.4 is 10.6 Å². The van der Waals surface area contributed by atoms with Gasteiger partial charge in [-0.05, 0) is 60.5 Å². The molecule has 2 aromatic rings. The molecule has 0 aliphatic carbocycles. The SMILES string of the molecule is CCCN1C/C(=C/c2ccc(C(=O)NC)cc2)C(=O)/C(=C\c2ccc(C(=O)NC)cc2)C1. The van der Waals surface area contributed by atoms with Gasteiger partial charge in [0.25, 0.3) is 11.8 Å². The lowest BCUT2D eigenvalue weighted by molar-refractivity contribution is -0.113. The highest BCUT2D eigenvalue weighted by Crippen LogP contribution is 2.23. The second-order valence-electron chi connectivity index (χ2n) is 7.78. The van der Waals surface area contributed by atoms with Crippen molar-refractivity contribution in [3.63, 3.8) is 0 Å². The van der Waals surface area contributed by atoms with Gasteiger partial charge in [0, 0.05) is 49.5 Å². The molecule has 1 aliphatic heterocycles. The maximum absolute atomic E-state index is 13.2. The molecule has 0 spiro atoms. The van der Waals surface area contributed by atoms with Crippen molar-refractivity contribution in [1.29, 1.82) is 0 Å². The zero-order chi connectivity index (χ0) is 23.1. The molecule has 0 bridgehead atoms. The summed E-state index contributed by atoms with van der Waals surface area (Å²) < 4.78 is 0. The first-order valence-electron chi connectivity index (χ1n) is 10.8. The molecule has 3 rings (SSSR count). The summed E-state index contributed by atoms with van der Waals surface area (Å²) in [5, 5.41) is 5.21. The molecule has 1 saturated heterocycles. The number of carbonyl (C=O) groups excluding carboxylic acids is 3. The molecule has 1 fully saturated rings. The van der Waals surface area contributed by atoms with E-state index < -0.39 is 0 Å². The van der Waals surface area contributed by atoms with Gasteiger partial charge in [0.15, 0.2) is 5.78 Å². The minimum atomic E-state index is -0.139. The van der Waals surface area contributed by atoms with Crippen molar-refractivity contribution in [3.8, 4) is 0 Å². The molecular weight excluding hydrogens is 402 g/mol. The van der Waals surface area contributed by atoms with Crippen LogP contribution in [0.1, 0.15) is 45.2 Å². The Hall–Kier alpha value is -3.51. The predicted molar refractivity (Wildman–Crippen MR) is 127 cm³/mol. The molecule has 0 saturated carbocycles. The van der Waals surface area contributed by atoms with Gasteiger partial charge in [-0.2, -0.15) is 0 Å². The quantitative estimate of drug-likeness (QED) is 0.689. The van der Waals surface area contributed by atoms with Crippen LogP contribution in [0, 0.1) is 0 Å². The Labute approximate surface area is 189 Å². The monoisotopic (exact) mass is 431 g/mol. The molecule has 6 heteroatoms. The van der Waals surface area contributed by atoms with Gasteiger partial charge >= 0.3 is 0 Å². The zero-order valence-electron chi connectivity index (χ0n) is 18.8. The number of hydrogen-bond acceptors (Lipinski definition) is 4. The number of benzene rings is 2. The molecule has 1 aliphatic rings. The Morgan fingerprint density at radius 3 is 1.56 bits per heavy atom. The number of rotatable bonds is 6. The standard InChI is InChI=1S/C26H29N3O3/c1-4-13-29-16-22(14-18-5-9-20(10-6-18)25(31)27-2)24(30)23(17-29)15-19-7-11-21(12-8-19)26(32)28-3/h5-12,14-15H,4,13,16-17H2,1-3H3,(H,27,31)(H,28,32)/b22-14-,23-15-. The van der Waals surface area contributed by atoms with Gasteiger partial charge in [-0.3, -0.25) is 19.3 Å². The number of piperidine rings is 1. The van der Waals surface area contributed by atoms with E-state index in [1.165, 1.54) is 0 Å². The highest BCUT2D eigenvalue weighted by Gasteiger charge is 2.25. The Morgan fingerprint density at radius 2 is 1.22 bits per heavy atom. The summed E-state index contributed by atoms with van der Waals surface area (Å²) in [6.07, 6.45) is 4.80. The van der Waals surface area contributed by atoms with Crippen LogP contribution in [0.2, 0.25) is 0 Å². The molecule has 2 amide bonds. The molecule has 0 aromatic heterocycles. The van der Waals surface area contributed by atoms with Crippen molar-refractivity contribution < 1.29 is 14.4 Å². The number of amides is 2. The fourth-order valence-electron chi connectivity index (χ4n) is 3.74. The summed E-state index contributed by atoms with van der Waals surface area (Å²) >= 11 is 0. The lowest BCUT2D eigenvalue weighted by Crippen LogP contribution is -2.38. The van der Waals surface area contributed by atoms with E-state index in [1.807, 2.05) is 36.4 Å². The Bertz CT molecular complexity index is 969. The number of Topliss-reactive ketones (excluding diaryl/α,β-unsaturated/α-hetero) is 1. The van der Waals surface area contributed by atoms with Crippen molar-refractivity contribution >= 4 is 29.7 Å². The van der Waals surface area contributed by atoms with E-state index in [0.717, 1.165) is 35.2 Å². The van der Waals surface area contributed by atoms with Gasteiger partial charge < -0.3 is 10.6 Å². The van der Waals surface area contributed by atoms with Gasteiger partial charge in [0.2, 0.25) is 0 Å². The number of hydrogen-bond donors (Lipinski definition) is 2. The first-order valence-corrected chi connectivity index (χ1v) is 10.8. The third-order valence-corrected chi connectivity index (χ3v) is 5.39. The summed E-state index contributed by atoms with van der Waals surface area (Å²) in [6.45, 7) is 4.21. The van der Waals surface area contributed by atoms with Crippen LogP contribution in [0.5, 0.6) is 0 Å². The number of likely N-dealkylation sites (tertiary alicyclic amines) is 1. The number of nitrogens with zero attached hydrogens (tertiary/aromatic N) is 1. The molecule has 0 atom stereocenters. The first kappa shape index (κ1) is 23.2. The number of nitrogens with one attached hydrogen (secondary N) is 2. The maximum atomic E-state index is 13.2. The second kappa shape index (κ2) is 10.7. The van der Waals surface area contributed by atoms with E-state index in [0.29, 0.717) is 24.2 Å². The minimum absolute atomic E-state index is 0.0307. The van der Waals surface area contributed by atoms with Crippen LogP contribution in [-0.4, -0.2) is 56.2 Å². The highest BCUT2D eigenvalue weighted by atomic mass is 16.2. The third-order valence-electron chi connectivity index (χ3n) is 5.39. The average molecular weight is 432 g/mol. The third kappa shape index (κ3) is 5.59. The fourth-order valence-corrected chi connectivity index (χ4v) is 3.74. The van der Waals surface area contributed by atoms with Gasteiger partial charge in [-0.1, -0.05) is 31.2 Å². The van der Waals surface area contributed by atoms with Gasteiger partial charge in [0.05, 0.1) is 0 Å². The molecule has 1 heterocycles. The number of ketones is 1. The Morgan fingerprint density at radius 1 is 0.812 bits per heavy atom. The fraction of sp³-hybridized carbons (Fsp3) is 0.269. The van der Waals surface area contributed by atoms with Crippen molar-refractivity contribution in [2.24, 2.45) is 0 Å². The lowest BCUT2D eigenvalue weighted by atomic mass is 9.93. The second-order valence-corrected chi connectivity index (χ2v) is 7.78. The van der Waals surface area contributed by atoms with Crippen LogP contribution in [-0.2, 0) is 4.79 Å².